The molecular weight excluding hydrogens is 337 g/mol. The summed E-state index contributed by atoms with van der Waals surface area (Å²) in [5.74, 6) is -0.337. The molecule has 0 aliphatic carbocycles. The lowest BCUT2D eigenvalue weighted by Gasteiger charge is -2.04. The number of carbonyl (C=O) groups is 2. The van der Waals surface area contributed by atoms with Gasteiger partial charge in [0.25, 0.3) is 0 Å². The molecule has 0 radical (unpaired) electrons. The van der Waals surface area contributed by atoms with Crippen molar-refractivity contribution in [3.63, 3.8) is 0 Å². The molecule has 1 N–H and O–H groups in total. The van der Waals surface area contributed by atoms with Gasteiger partial charge in [0, 0.05) is 12.1 Å². The average Bonchev–Trinajstić information content (AvgIpc) is 2.31. The SMILES string of the molecule is C=C(C)C(=O)OCCCCCCNC(=O)OI. The Kier molecular flexibility index (Phi) is 9.89. The van der Waals surface area contributed by atoms with Crippen molar-refractivity contribution in [2.45, 2.75) is 32.6 Å². The molecular formula is C11H18INO4. The molecule has 0 atom stereocenters. The van der Waals surface area contributed by atoms with Crippen LogP contribution in [0.2, 0.25) is 0 Å². The average molecular weight is 355 g/mol. The van der Waals surface area contributed by atoms with Crippen molar-refractivity contribution in [1.82, 2.24) is 5.32 Å². The van der Waals surface area contributed by atoms with Crippen LogP contribution in [0.15, 0.2) is 12.2 Å². The lowest BCUT2D eigenvalue weighted by Crippen LogP contribution is -2.22. The highest BCUT2D eigenvalue weighted by atomic mass is 127. The molecule has 6 heteroatoms. The number of hydrogen-bond acceptors (Lipinski definition) is 4. The molecule has 0 aromatic rings. The van der Waals surface area contributed by atoms with E-state index in [0.29, 0.717) is 18.7 Å². The lowest BCUT2D eigenvalue weighted by molar-refractivity contribution is -0.139. The fourth-order valence-electron chi connectivity index (χ4n) is 1.09. The Hall–Kier alpha value is -0.790. The van der Waals surface area contributed by atoms with Crippen molar-refractivity contribution >= 4 is 35.1 Å². The summed E-state index contributed by atoms with van der Waals surface area (Å²) in [6.07, 6.45) is 3.24. The monoisotopic (exact) mass is 355 g/mol. The second-order valence-electron chi connectivity index (χ2n) is 3.62. The summed E-state index contributed by atoms with van der Waals surface area (Å²) in [5.41, 5.74) is 0.423. The van der Waals surface area contributed by atoms with Gasteiger partial charge in [-0.05, 0) is 26.2 Å². The minimum Gasteiger partial charge on any atom is -0.462 e. The van der Waals surface area contributed by atoms with E-state index < -0.39 is 6.09 Å². The number of esters is 1. The van der Waals surface area contributed by atoms with Crippen LogP contribution >= 0.6 is 23.0 Å². The first-order valence-electron chi connectivity index (χ1n) is 5.47. The summed E-state index contributed by atoms with van der Waals surface area (Å²) in [6, 6.07) is 0. The third kappa shape index (κ3) is 10.1. The first-order chi connectivity index (χ1) is 8.07. The first kappa shape index (κ1) is 16.2. The summed E-state index contributed by atoms with van der Waals surface area (Å²) >= 11 is 1.54. The van der Waals surface area contributed by atoms with Crippen molar-refractivity contribution in [1.29, 1.82) is 0 Å². The molecule has 0 aliphatic heterocycles. The van der Waals surface area contributed by atoms with E-state index in [1.54, 1.807) is 6.92 Å². The van der Waals surface area contributed by atoms with Gasteiger partial charge < -0.3 is 13.1 Å². The van der Waals surface area contributed by atoms with Crippen LogP contribution in [-0.2, 0) is 12.6 Å². The molecule has 0 fully saturated rings. The highest BCUT2D eigenvalue weighted by Crippen LogP contribution is 2.01. The Morgan fingerprint density at radius 3 is 2.47 bits per heavy atom. The van der Waals surface area contributed by atoms with Gasteiger partial charge in [-0.1, -0.05) is 13.0 Å². The molecule has 0 aromatic heterocycles. The topological polar surface area (TPSA) is 64.6 Å². The van der Waals surface area contributed by atoms with Crippen LogP contribution in [0.3, 0.4) is 0 Å². The van der Waals surface area contributed by atoms with Crippen LogP contribution < -0.4 is 5.32 Å². The van der Waals surface area contributed by atoms with E-state index in [0.717, 1.165) is 25.7 Å². The van der Waals surface area contributed by atoms with Crippen LogP contribution in [0.25, 0.3) is 0 Å². The number of hydrogen-bond donors (Lipinski definition) is 1. The molecule has 0 spiro atoms. The molecule has 0 heterocycles. The lowest BCUT2D eigenvalue weighted by atomic mass is 10.2. The molecule has 0 saturated carbocycles. The van der Waals surface area contributed by atoms with Crippen LogP contribution in [-0.4, -0.2) is 25.2 Å². The summed E-state index contributed by atoms with van der Waals surface area (Å²) in [5, 5.41) is 2.59. The van der Waals surface area contributed by atoms with Gasteiger partial charge in [-0.3, -0.25) is 0 Å². The number of ether oxygens (including phenoxy) is 1. The third-order valence-electron chi connectivity index (χ3n) is 1.99. The predicted octanol–water partition coefficient (Wildman–Crippen LogP) is 2.74. The number of halogens is 1. The molecule has 98 valence electrons. The zero-order valence-electron chi connectivity index (χ0n) is 9.96. The zero-order valence-corrected chi connectivity index (χ0v) is 12.1. The van der Waals surface area contributed by atoms with Crippen molar-refractivity contribution < 1.29 is 17.4 Å². The van der Waals surface area contributed by atoms with Gasteiger partial charge in [0.15, 0.2) is 23.0 Å². The number of nitrogens with one attached hydrogen (secondary N) is 1. The first-order valence-corrected chi connectivity index (χ1v) is 6.35. The maximum atomic E-state index is 11.0. The summed E-state index contributed by atoms with van der Waals surface area (Å²) in [6.45, 7) is 6.15. The van der Waals surface area contributed by atoms with Gasteiger partial charge >= 0.3 is 12.1 Å². The van der Waals surface area contributed by atoms with Gasteiger partial charge in [-0.2, -0.15) is 0 Å². The Labute approximate surface area is 116 Å². The molecule has 0 saturated heterocycles. The predicted molar refractivity (Wildman–Crippen MR) is 72.7 cm³/mol. The molecule has 5 nitrogen and oxygen atoms in total. The van der Waals surface area contributed by atoms with E-state index in [1.807, 2.05) is 0 Å². The number of carbonyl (C=O) groups excluding carboxylic acids is 2. The van der Waals surface area contributed by atoms with Crippen LogP contribution in [0.5, 0.6) is 0 Å². The molecule has 0 bridgehead atoms. The van der Waals surface area contributed by atoms with Crippen molar-refractivity contribution in [2.24, 2.45) is 0 Å². The van der Waals surface area contributed by atoms with E-state index in [9.17, 15) is 9.59 Å². The Morgan fingerprint density at radius 1 is 1.24 bits per heavy atom. The number of rotatable bonds is 8. The fourth-order valence-corrected chi connectivity index (χ4v) is 1.24. The van der Waals surface area contributed by atoms with E-state index in [2.05, 4.69) is 15.0 Å². The van der Waals surface area contributed by atoms with Crippen molar-refractivity contribution in [3.05, 3.63) is 12.2 Å². The van der Waals surface area contributed by atoms with Gasteiger partial charge in [0.2, 0.25) is 0 Å². The number of unbranched alkanes of at least 4 members (excludes halogenated alkanes) is 3. The quantitative estimate of drug-likeness (QED) is 0.315. The van der Waals surface area contributed by atoms with Gasteiger partial charge in [-0.25, -0.2) is 9.59 Å². The van der Waals surface area contributed by atoms with Gasteiger partial charge in [0.1, 0.15) is 0 Å². The van der Waals surface area contributed by atoms with Crippen molar-refractivity contribution in [2.75, 3.05) is 13.2 Å². The molecule has 1 amide bonds. The van der Waals surface area contributed by atoms with E-state index in [1.165, 1.54) is 23.0 Å². The molecule has 0 unspecified atom stereocenters. The molecule has 0 rings (SSSR count). The summed E-state index contributed by atoms with van der Waals surface area (Å²) in [4.78, 5) is 21.7. The summed E-state index contributed by atoms with van der Waals surface area (Å²) < 4.78 is 9.33. The van der Waals surface area contributed by atoms with Crippen LogP contribution in [0.4, 0.5) is 4.79 Å². The second-order valence-corrected chi connectivity index (χ2v) is 4.06. The normalized spacial score (nSPS) is 9.53. The second kappa shape index (κ2) is 10.4. The maximum Gasteiger partial charge on any atom is 0.416 e. The van der Waals surface area contributed by atoms with E-state index in [-0.39, 0.29) is 5.97 Å². The van der Waals surface area contributed by atoms with Crippen molar-refractivity contribution in [3.8, 4) is 0 Å². The minimum absolute atomic E-state index is 0.337. The molecule has 0 aromatic carbocycles. The van der Waals surface area contributed by atoms with Crippen LogP contribution in [0, 0.1) is 0 Å². The largest absolute Gasteiger partial charge is 0.462 e. The standard InChI is InChI=1S/C11H18INO4/c1-9(2)10(14)16-8-6-4-3-5-7-13-11(15)17-12/h1,3-8H2,2H3,(H,13,15). The minimum atomic E-state index is -0.416. The highest BCUT2D eigenvalue weighted by molar-refractivity contribution is 14.1. The van der Waals surface area contributed by atoms with Crippen LogP contribution in [0.1, 0.15) is 32.6 Å². The fraction of sp³-hybridized carbons (Fsp3) is 0.636. The molecule has 17 heavy (non-hydrogen) atoms. The third-order valence-corrected chi connectivity index (χ3v) is 2.39. The van der Waals surface area contributed by atoms with E-state index >= 15 is 0 Å². The van der Waals surface area contributed by atoms with Gasteiger partial charge in [-0.15, -0.1) is 0 Å². The van der Waals surface area contributed by atoms with E-state index in [4.69, 9.17) is 4.74 Å². The summed E-state index contributed by atoms with van der Waals surface area (Å²) in [7, 11) is 0. The zero-order chi connectivity index (χ0) is 13.1. The smallest absolute Gasteiger partial charge is 0.416 e. The molecule has 0 aliphatic rings. The Morgan fingerprint density at radius 2 is 1.88 bits per heavy atom. The Balaban J connectivity index is 3.22. The maximum absolute atomic E-state index is 11.0. The highest BCUT2D eigenvalue weighted by Gasteiger charge is 2.02. The number of amides is 1. The van der Waals surface area contributed by atoms with Gasteiger partial charge in [0.05, 0.1) is 6.61 Å². The Bertz CT molecular complexity index is 268.